The van der Waals surface area contributed by atoms with Crippen LogP contribution in [-0.2, 0) is 23.7 Å². The molecule has 0 aliphatic rings. The Balaban J connectivity index is 2.01. The Bertz CT molecular complexity index is 649. The normalized spacial score (nSPS) is 11.7. The molecule has 0 aliphatic carbocycles. The summed E-state index contributed by atoms with van der Waals surface area (Å²) in [6.07, 6.45) is 5.40. The van der Waals surface area contributed by atoms with E-state index in [-0.39, 0.29) is 12.2 Å². The van der Waals surface area contributed by atoms with E-state index in [0.29, 0.717) is 6.54 Å². The average molecular weight is 282 g/mol. The second-order valence-corrected chi connectivity index (χ2v) is 5.66. The number of hydrogen-bond acceptors (Lipinski definition) is 5. The third-order valence-electron chi connectivity index (χ3n) is 2.67. The molecule has 0 fully saturated rings. The minimum atomic E-state index is -4.15. The number of aryl methyl sites for hydroxylation is 2. The van der Waals surface area contributed by atoms with Crippen molar-refractivity contribution in [3.8, 4) is 11.3 Å². The van der Waals surface area contributed by atoms with Gasteiger partial charge in [-0.2, -0.15) is 5.10 Å². The van der Waals surface area contributed by atoms with Gasteiger partial charge in [0.15, 0.2) is 12.7 Å². The van der Waals surface area contributed by atoms with Crippen LogP contribution in [0.2, 0.25) is 0 Å². The average Bonchev–Trinajstić information content (AvgIpc) is 2.75. The highest BCUT2D eigenvalue weighted by Crippen LogP contribution is 2.14. The molecule has 0 bridgehead atoms. The predicted molar refractivity (Wildman–Crippen MR) is 65.8 cm³/mol. The Morgan fingerprint density at radius 2 is 2.21 bits per heavy atom. The summed E-state index contributed by atoms with van der Waals surface area (Å²) in [6, 6.07) is 3.75. The Hall–Kier alpha value is -1.80. The minimum absolute atomic E-state index is 0.258. The molecule has 2 rings (SSSR count). The Labute approximate surface area is 111 Å². The molecule has 2 aromatic rings. The van der Waals surface area contributed by atoms with Crippen molar-refractivity contribution in [3.05, 3.63) is 30.7 Å². The summed E-state index contributed by atoms with van der Waals surface area (Å²) >= 11 is 0. The highest BCUT2D eigenvalue weighted by atomic mass is 32.2. The molecule has 0 atom stereocenters. The number of hydrogen-bond donors (Lipinski definition) is 0. The van der Waals surface area contributed by atoms with Gasteiger partial charge in [0.25, 0.3) is 0 Å². The van der Waals surface area contributed by atoms with Crippen LogP contribution in [0.1, 0.15) is 6.42 Å². The molecule has 19 heavy (non-hydrogen) atoms. The molecule has 0 saturated carbocycles. The summed E-state index contributed by atoms with van der Waals surface area (Å²) in [5.41, 5.74) is 1.87. The summed E-state index contributed by atoms with van der Waals surface area (Å²) in [5, 5.41) is 8.25. The van der Waals surface area contributed by atoms with Crippen LogP contribution in [0.4, 0.5) is 0 Å². The van der Waals surface area contributed by atoms with Crippen LogP contribution in [-0.4, -0.2) is 33.6 Å². The van der Waals surface area contributed by atoms with Crippen LogP contribution in [0.25, 0.3) is 11.3 Å². The zero-order valence-corrected chi connectivity index (χ0v) is 11.2. The van der Waals surface area contributed by atoms with Gasteiger partial charge in [-0.1, -0.05) is 4.68 Å². The molecule has 0 radical (unpaired) electrons. The quantitative estimate of drug-likeness (QED) is 0.555. The maximum atomic E-state index is 10.5. The van der Waals surface area contributed by atoms with E-state index in [2.05, 4.69) is 10.2 Å². The van der Waals surface area contributed by atoms with E-state index < -0.39 is 10.1 Å². The fourth-order valence-electron chi connectivity index (χ4n) is 1.73. The molecule has 0 aliphatic heterocycles. The fraction of sp³-hybridized carbons (Fsp3) is 0.364. The maximum absolute atomic E-state index is 10.5. The summed E-state index contributed by atoms with van der Waals surface area (Å²) < 4.78 is 34.8. The lowest BCUT2D eigenvalue weighted by atomic mass is 10.2. The standard InChI is InChI=1S/C11H14N4O3S/c1-14-11(3-5-12-14)10-4-7-15(13-9-10)6-2-8-19(16,17)18/h3-5,7,9H,2,6,8H2,1H3. The molecule has 7 nitrogen and oxygen atoms in total. The second kappa shape index (κ2) is 5.45. The molecule has 102 valence electrons. The first-order chi connectivity index (χ1) is 8.96. The summed E-state index contributed by atoms with van der Waals surface area (Å²) in [6.45, 7) is 0.396. The molecular formula is C11H14N4O3S. The van der Waals surface area contributed by atoms with Crippen LogP contribution in [0.15, 0.2) is 30.7 Å². The number of rotatable bonds is 5. The maximum Gasteiger partial charge on any atom is 0.196 e. The first kappa shape index (κ1) is 13.6. The van der Waals surface area contributed by atoms with Crippen LogP contribution in [0.5, 0.6) is 0 Å². The van der Waals surface area contributed by atoms with Gasteiger partial charge in [-0.05, 0) is 11.2 Å². The molecule has 0 spiro atoms. The molecule has 0 N–H and O–H groups in total. The third kappa shape index (κ3) is 3.83. The van der Waals surface area contributed by atoms with Gasteiger partial charge in [0, 0.05) is 37.0 Å². The molecule has 0 saturated heterocycles. The van der Waals surface area contributed by atoms with Crippen molar-refractivity contribution in [2.45, 2.75) is 13.0 Å². The van der Waals surface area contributed by atoms with Gasteiger partial charge < -0.3 is 4.55 Å². The van der Waals surface area contributed by atoms with Crippen molar-refractivity contribution in [1.82, 2.24) is 14.9 Å². The van der Waals surface area contributed by atoms with E-state index in [4.69, 9.17) is 0 Å². The molecule has 0 aromatic carbocycles. The first-order valence-electron chi connectivity index (χ1n) is 5.73. The predicted octanol–water partition coefficient (Wildman–Crippen LogP) is -0.295. The third-order valence-corrected chi connectivity index (χ3v) is 3.46. The molecule has 0 unspecified atom stereocenters. The lowest BCUT2D eigenvalue weighted by Crippen LogP contribution is -2.38. The van der Waals surface area contributed by atoms with E-state index in [1.807, 2.05) is 19.2 Å². The number of nitrogens with zero attached hydrogens (tertiary/aromatic N) is 4. The van der Waals surface area contributed by atoms with Crippen LogP contribution < -0.4 is 4.68 Å². The second-order valence-electron chi connectivity index (χ2n) is 4.13. The summed E-state index contributed by atoms with van der Waals surface area (Å²) in [5.74, 6) is -0.370. The van der Waals surface area contributed by atoms with Crippen molar-refractivity contribution in [2.24, 2.45) is 7.05 Å². The monoisotopic (exact) mass is 282 g/mol. The van der Waals surface area contributed by atoms with E-state index in [9.17, 15) is 13.0 Å². The largest absolute Gasteiger partial charge is 0.748 e. The SMILES string of the molecule is Cn1nccc1-c1cc[n+](CCCS(=O)(=O)[O-])nc1. The van der Waals surface area contributed by atoms with Gasteiger partial charge in [0.05, 0.1) is 15.8 Å². The van der Waals surface area contributed by atoms with E-state index >= 15 is 0 Å². The summed E-state index contributed by atoms with van der Waals surface area (Å²) in [4.78, 5) is 0. The fourth-order valence-corrected chi connectivity index (χ4v) is 2.21. The van der Waals surface area contributed by atoms with Crippen molar-refractivity contribution in [1.29, 1.82) is 0 Å². The van der Waals surface area contributed by atoms with E-state index in [1.165, 1.54) is 0 Å². The highest BCUT2D eigenvalue weighted by molar-refractivity contribution is 7.85. The highest BCUT2D eigenvalue weighted by Gasteiger charge is 2.07. The van der Waals surface area contributed by atoms with Crippen molar-refractivity contribution >= 4 is 10.1 Å². The van der Waals surface area contributed by atoms with Crippen LogP contribution in [0.3, 0.4) is 0 Å². The molecular weight excluding hydrogens is 268 g/mol. The van der Waals surface area contributed by atoms with E-state index in [0.717, 1.165) is 11.3 Å². The van der Waals surface area contributed by atoms with Crippen LogP contribution in [0, 0.1) is 0 Å². The Morgan fingerprint density at radius 3 is 2.74 bits per heavy atom. The Kier molecular flexibility index (Phi) is 3.91. The summed E-state index contributed by atoms with van der Waals surface area (Å²) in [7, 11) is -2.30. The van der Waals surface area contributed by atoms with Gasteiger partial charge in [0.1, 0.15) is 6.20 Å². The molecule has 8 heteroatoms. The topological polar surface area (TPSA) is 91.8 Å². The Morgan fingerprint density at radius 1 is 1.42 bits per heavy atom. The molecule has 0 amide bonds. The van der Waals surface area contributed by atoms with E-state index in [1.54, 1.807) is 28.0 Å². The lowest BCUT2D eigenvalue weighted by molar-refractivity contribution is -0.753. The van der Waals surface area contributed by atoms with Crippen molar-refractivity contribution < 1.29 is 17.7 Å². The van der Waals surface area contributed by atoms with Gasteiger partial charge in [0.2, 0.25) is 0 Å². The van der Waals surface area contributed by atoms with Gasteiger partial charge >= 0.3 is 0 Å². The molecule has 2 aromatic heterocycles. The van der Waals surface area contributed by atoms with Gasteiger partial charge in [-0.15, -0.1) is 0 Å². The molecule has 2 heterocycles. The van der Waals surface area contributed by atoms with Crippen molar-refractivity contribution in [3.63, 3.8) is 0 Å². The zero-order chi connectivity index (χ0) is 13.9. The number of aromatic nitrogens is 4. The van der Waals surface area contributed by atoms with Crippen molar-refractivity contribution in [2.75, 3.05) is 5.75 Å². The minimum Gasteiger partial charge on any atom is -0.748 e. The first-order valence-corrected chi connectivity index (χ1v) is 7.31. The zero-order valence-electron chi connectivity index (χ0n) is 10.4. The lowest BCUT2D eigenvalue weighted by Gasteiger charge is -2.03. The van der Waals surface area contributed by atoms with Gasteiger partial charge in [-0.25, -0.2) is 8.42 Å². The van der Waals surface area contributed by atoms with Crippen LogP contribution >= 0.6 is 0 Å². The smallest absolute Gasteiger partial charge is 0.196 e. The van der Waals surface area contributed by atoms with Gasteiger partial charge in [-0.3, -0.25) is 4.68 Å².